The second kappa shape index (κ2) is 22.9. The van der Waals surface area contributed by atoms with E-state index in [1.54, 1.807) is 0 Å². The zero-order chi connectivity index (χ0) is 11.8. The summed E-state index contributed by atoms with van der Waals surface area (Å²) < 4.78 is 0. The SMILES string of the molecule is CC(C)=O.CCCCCCO.[CH2]CC. The van der Waals surface area contributed by atoms with Crippen LogP contribution >= 0.6 is 0 Å². The lowest BCUT2D eigenvalue weighted by Crippen LogP contribution is -1.80. The Kier molecular flexibility index (Phi) is 31.5. The Balaban J connectivity index is -0.000000147. The van der Waals surface area contributed by atoms with Crippen molar-refractivity contribution in [1.82, 2.24) is 0 Å². The maximum absolute atomic E-state index is 9.44. The summed E-state index contributed by atoms with van der Waals surface area (Å²) in [6.45, 7) is 11.1. The molecule has 0 heterocycles. The number of unbranched alkanes of at least 4 members (excludes halogenated alkanes) is 3. The van der Waals surface area contributed by atoms with E-state index in [1.807, 2.05) is 6.92 Å². The highest BCUT2D eigenvalue weighted by molar-refractivity contribution is 5.72. The van der Waals surface area contributed by atoms with E-state index in [0.717, 1.165) is 12.8 Å². The van der Waals surface area contributed by atoms with Gasteiger partial charge in [0.2, 0.25) is 0 Å². The summed E-state index contributed by atoms with van der Waals surface area (Å²) in [5.74, 6) is 0.167. The Hall–Kier alpha value is -0.370. The van der Waals surface area contributed by atoms with Crippen LogP contribution in [0, 0.1) is 6.92 Å². The molecule has 2 nitrogen and oxygen atoms in total. The van der Waals surface area contributed by atoms with E-state index in [1.165, 1.54) is 33.1 Å². The van der Waals surface area contributed by atoms with E-state index in [2.05, 4.69) is 13.8 Å². The molecule has 0 aromatic rings. The lowest BCUT2D eigenvalue weighted by atomic mass is 10.2. The van der Waals surface area contributed by atoms with Gasteiger partial charge in [0.1, 0.15) is 5.78 Å². The van der Waals surface area contributed by atoms with Crippen molar-refractivity contribution in [1.29, 1.82) is 0 Å². The molecule has 0 fully saturated rings. The van der Waals surface area contributed by atoms with Crippen molar-refractivity contribution in [2.75, 3.05) is 6.61 Å². The Morgan fingerprint density at radius 3 is 1.71 bits per heavy atom. The van der Waals surface area contributed by atoms with Crippen LogP contribution in [0.3, 0.4) is 0 Å². The van der Waals surface area contributed by atoms with Gasteiger partial charge in [-0.05, 0) is 20.3 Å². The zero-order valence-corrected chi connectivity index (χ0v) is 10.3. The standard InChI is InChI=1S/C6H14O.C3H6O.C3H7/c1-2-3-4-5-6-7;1-3(2)4;1-3-2/h7H,2-6H2,1H3;1-2H3;1,3H2,2H3. The van der Waals surface area contributed by atoms with Gasteiger partial charge in [-0.2, -0.15) is 0 Å². The average Bonchev–Trinajstić information content (AvgIpc) is 2.06. The number of rotatable bonds is 4. The number of aliphatic hydroxyl groups excluding tert-OH is 1. The summed E-state index contributed by atoms with van der Waals surface area (Å²) in [7, 11) is 0. The fourth-order valence-corrected chi connectivity index (χ4v) is 0.539. The summed E-state index contributed by atoms with van der Waals surface area (Å²) in [6, 6.07) is 0. The molecule has 2 heteroatoms. The number of hydrogen-bond acceptors (Lipinski definition) is 2. The number of carbonyl (C=O) groups excluding carboxylic acids is 1. The van der Waals surface area contributed by atoms with Gasteiger partial charge < -0.3 is 9.90 Å². The van der Waals surface area contributed by atoms with E-state index in [9.17, 15) is 4.79 Å². The largest absolute Gasteiger partial charge is 0.396 e. The maximum atomic E-state index is 9.44. The van der Waals surface area contributed by atoms with Crippen LogP contribution < -0.4 is 0 Å². The van der Waals surface area contributed by atoms with Gasteiger partial charge in [-0.15, -0.1) is 0 Å². The Labute approximate surface area is 89.7 Å². The van der Waals surface area contributed by atoms with Crippen molar-refractivity contribution in [3.63, 3.8) is 0 Å². The number of hydrogen-bond donors (Lipinski definition) is 1. The highest BCUT2D eigenvalue weighted by Crippen LogP contribution is 1.95. The monoisotopic (exact) mass is 203 g/mol. The van der Waals surface area contributed by atoms with Crippen LogP contribution in [0.25, 0.3) is 0 Å². The molecule has 1 radical (unpaired) electrons. The van der Waals surface area contributed by atoms with Crippen LogP contribution in [0.15, 0.2) is 0 Å². The third-order valence-electron chi connectivity index (χ3n) is 1.01. The molecule has 87 valence electrons. The zero-order valence-electron chi connectivity index (χ0n) is 10.3. The first-order valence-electron chi connectivity index (χ1n) is 5.43. The molecule has 0 bridgehead atoms. The van der Waals surface area contributed by atoms with Gasteiger partial charge in [0, 0.05) is 6.61 Å². The van der Waals surface area contributed by atoms with Gasteiger partial charge >= 0.3 is 0 Å². The topological polar surface area (TPSA) is 37.3 Å². The van der Waals surface area contributed by atoms with Crippen LogP contribution in [0.4, 0.5) is 0 Å². The summed E-state index contributed by atoms with van der Waals surface area (Å²) in [5.41, 5.74) is 0. The smallest absolute Gasteiger partial charge is 0.126 e. The summed E-state index contributed by atoms with van der Waals surface area (Å²) in [6.07, 6.45) is 5.68. The molecule has 0 spiro atoms. The van der Waals surface area contributed by atoms with Crippen molar-refractivity contribution >= 4 is 5.78 Å². The number of ketones is 1. The summed E-state index contributed by atoms with van der Waals surface area (Å²) >= 11 is 0. The van der Waals surface area contributed by atoms with Gasteiger partial charge in [-0.25, -0.2) is 0 Å². The summed E-state index contributed by atoms with van der Waals surface area (Å²) in [4.78, 5) is 9.44. The van der Waals surface area contributed by atoms with Crippen LogP contribution in [0.1, 0.15) is 59.8 Å². The lowest BCUT2D eigenvalue weighted by molar-refractivity contribution is -0.114. The fraction of sp³-hybridized carbons (Fsp3) is 0.833. The van der Waals surface area contributed by atoms with Crippen LogP contribution in [-0.2, 0) is 4.79 Å². The molecular formula is C12H27O2. The van der Waals surface area contributed by atoms with Crippen LogP contribution in [0.5, 0.6) is 0 Å². The first kappa shape index (κ1) is 19.2. The molecule has 0 amide bonds. The van der Waals surface area contributed by atoms with E-state index in [0.29, 0.717) is 6.61 Å². The minimum absolute atomic E-state index is 0.167. The highest BCUT2D eigenvalue weighted by atomic mass is 16.2. The molecule has 1 N–H and O–H groups in total. The van der Waals surface area contributed by atoms with Gasteiger partial charge in [0.25, 0.3) is 0 Å². The lowest BCUT2D eigenvalue weighted by Gasteiger charge is -1.90. The number of Topliss-reactive ketones (excluding diaryl/α,β-unsaturated/α-hetero) is 1. The third kappa shape index (κ3) is 99.7. The highest BCUT2D eigenvalue weighted by Gasteiger charge is 1.80. The fourth-order valence-electron chi connectivity index (χ4n) is 0.539. The molecule has 14 heavy (non-hydrogen) atoms. The molecular weight excluding hydrogens is 176 g/mol. The van der Waals surface area contributed by atoms with Gasteiger partial charge in [-0.3, -0.25) is 0 Å². The summed E-state index contributed by atoms with van der Waals surface area (Å²) in [5, 5.41) is 8.29. The van der Waals surface area contributed by atoms with Crippen molar-refractivity contribution < 1.29 is 9.90 Å². The molecule has 0 unspecified atom stereocenters. The molecule has 0 atom stereocenters. The van der Waals surface area contributed by atoms with Crippen molar-refractivity contribution in [3.8, 4) is 0 Å². The van der Waals surface area contributed by atoms with Crippen LogP contribution in [-0.4, -0.2) is 17.5 Å². The van der Waals surface area contributed by atoms with Crippen molar-refractivity contribution in [2.24, 2.45) is 0 Å². The molecule has 0 aromatic heterocycles. The minimum Gasteiger partial charge on any atom is -0.396 e. The minimum atomic E-state index is 0.167. The number of carbonyl (C=O) groups is 1. The van der Waals surface area contributed by atoms with Gasteiger partial charge in [0.05, 0.1) is 0 Å². The first-order chi connectivity index (χ1) is 6.56. The van der Waals surface area contributed by atoms with E-state index < -0.39 is 0 Å². The predicted molar refractivity (Wildman–Crippen MR) is 63.2 cm³/mol. The normalized spacial score (nSPS) is 7.86. The van der Waals surface area contributed by atoms with E-state index >= 15 is 0 Å². The maximum Gasteiger partial charge on any atom is 0.126 e. The van der Waals surface area contributed by atoms with Gasteiger partial charge in [0.15, 0.2) is 0 Å². The number of aliphatic hydroxyl groups is 1. The molecule has 0 aliphatic rings. The van der Waals surface area contributed by atoms with E-state index in [4.69, 9.17) is 5.11 Å². The van der Waals surface area contributed by atoms with Crippen molar-refractivity contribution in [3.05, 3.63) is 6.92 Å². The molecule has 0 aromatic carbocycles. The van der Waals surface area contributed by atoms with Crippen molar-refractivity contribution in [2.45, 2.75) is 59.8 Å². The third-order valence-corrected chi connectivity index (χ3v) is 1.01. The van der Waals surface area contributed by atoms with E-state index in [-0.39, 0.29) is 5.78 Å². The molecule has 0 aliphatic heterocycles. The molecule has 0 saturated carbocycles. The first-order valence-corrected chi connectivity index (χ1v) is 5.43. The van der Waals surface area contributed by atoms with Crippen LogP contribution in [0.2, 0.25) is 0 Å². The molecule has 0 saturated heterocycles. The quantitative estimate of drug-likeness (QED) is 0.711. The molecule has 0 aliphatic carbocycles. The molecule has 0 rings (SSSR count). The Morgan fingerprint density at radius 1 is 1.14 bits per heavy atom. The predicted octanol–water partition coefficient (Wildman–Crippen LogP) is 3.38. The Morgan fingerprint density at radius 2 is 1.50 bits per heavy atom. The van der Waals surface area contributed by atoms with Gasteiger partial charge in [-0.1, -0.05) is 46.5 Å². The second-order valence-electron chi connectivity index (χ2n) is 3.19. The Bertz CT molecular complexity index is 82.3. The second-order valence-corrected chi connectivity index (χ2v) is 3.19. The average molecular weight is 203 g/mol.